The third-order valence-corrected chi connectivity index (χ3v) is 6.38. The molecule has 0 aliphatic heterocycles. The van der Waals surface area contributed by atoms with Gasteiger partial charge in [-0.1, -0.05) is 41.3 Å². The van der Waals surface area contributed by atoms with Gasteiger partial charge in [-0.05, 0) is 35.4 Å². The predicted octanol–water partition coefficient (Wildman–Crippen LogP) is 4.06. The first-order valence-electron chi connectivity index (χ1n) is 9.38. The largest absolute Gasteiger partial charge is 0.493 e. The number of amides is 1. The van der Waals surface area contributed by atoms with Gasteiger partial charge in [-0.25, -0.2) is 4.39 Å². The maximum Gasteiger partial charge on any atom is 0.233 e. The zero-order valence-electron chi connectivity index (χ0n) is 17.4. The number of thioether (sulfide) groups is 1. The summed E-state index contributed by atoms with van der Waals surface area (Å²) in [5.41, 5.74) is 1.89. The molecule has 1 aromatic heterocycles. The van der Waals surface area contributed by atoms with E-state index in [9.17, 15) is 9.18 Å². The van der Waals surface area contributed by atoms with Crippen LogP contribution in [0.2, 0.25) is 0 Å². The number of benzene rings is 2. The van der Waals surface area contributed by atoms with Crippen LogP contribution in [0.1, 0.15) is 11.1 Å². The highest BCUT2D eigenvalue weighted by Crippen LogP contribution is 2.29. The highest BCUT2D eigenvalue weighted by molar-refractivity contribution is 8.01. The fraction of sp³-hybridized carbons (Fsp3) is 0.286. The SMILES string of the molecule is COc1ccc(CN(C)C(=O)CSc2nnc(NCc3ccc(F)cc3)s2)cc1OC. The monoisotopic (exact) mass is 462 g/mol. The molecule has 0 aliphatic carbocycles. The second kappa shape index (κ2) is 11.0. The fourth-order valence-electron chi connectivity index (χ4n) is 2.69. The van der Waals surface area contributed by atoms with Crippen molar-refractivity contribution in [1.82, 2.24) is 15.1 Å². The van der Waals surface area contributed by atoms with Crippen LogP contribution in [-0.2, 0) is 17.9 Å². The molecule has 10 heteroatoms. The minimum absolute atomic E-state index is 0.0178. The average Bonchev–Trinajstić information content (AvgIpc) is 3.24. The maximum absolute atomic E-state index is 13.0. The van der Waals surface area contributed by atoms with Crippen molar-refractivity contribution < 1.29 is 18.7 Å². The number of nitrogens with zero attached hydrogens (tertiary/aromatic N) is 3. The van der Waals surface area contributed by atoms with E-state index < -0.39 is 0 Å². The minimum Gasteiger partial charge on any atom is -0.493 e. The summed E-state index contributed by atoms with van der Waals surface area (Å²) in [6, 6.07) is 11.9. The highest BCUT2D eigenvalue weighted by atomic mass is 32.2. The predicted molar refractivity (Wildman–Crippen MR) is 120 cm³/mol. The molecular weight excluding hydrogens is 439 g/mol. The second-order valence-electron chi connectivity index (χ2n) is 6.58. The molecule has 7 nitrogen and oxygen atoms in total. The van der Waals surface area contributed by atoms with Gasteiger partial charge < -0.3 is 19.7 Å². The maximum atomic E-state index is 13.0. The molecule has 31 heavy (non-hydrogen) atoms. The number of rotatable bonds is 10. The Morgan fingerprint density at radius 3 is 2.52 bits per heavy atom. The number of hydrogen-bond donors (Lipinski definition) is 1. The summed E-state index contributed by atoms with van der Waals surface area (Å²) in [5.74, 6) is 1.26. The number of anilines is 1. The molecule has 0 fully saturated rings. The lowest BCUT2D eigenvalue weighted by Gasteiger charge is -2.18. The second-order valence-corrected chi connectivity index (χ2v) is 8.78. The molecule has 1 heterocycles. The molecule has 164 valence electrons. The molecule has 0 saturated carbocycles. The minimum atomic E-state index is -0.265. The van der Waals surface area contributed by atoms with Crippen molar-refractivity contribution in [3.05, 3.63) is 59.4 Å². The van der Waals surface area contributed by atoms with Gasteiger partial charge in [0.05, 0.1) is 20.0 Å². The summed E-state index contributed by atoms with van der Waals surface area (Å²) in [4.78, 5) is 14.2. The first-order chi connectivity index (χ1) is 15.0. The Morgan fingerprint density at radius 2 is 1.81 bits per heavy atom. The van der Waals surface area contributed by atoms with Crippen LogP contribution in [0.5, 0.6) is 11.5 Å². The third kappa shape index (κ3) is 6.56. The van der Waals surface area contributed by atoms with Crippen molar-refractivity contribution in [3.63, 3.8) is 0 Å². The van der Waals surface area contributed by atoms with E-state index in [-0.39, 0.29) is 17.5 Å². The summed E-state index contributed by atoms with van der Waals surface area (Å²) in [6.07, 6.45) is 0. The van der Waals surface area contributed by atoms with Crippen LogP contribution in [0.3, 0.4) is 0 Å². The zero-order valence-corrected chi connectivity index (χ0v) is 19.1. The first kappa shape index (κ1) is 22.8. The summed E-state index contributed by atoms with van der Waals surface area (Å²) < 4.78 is 24.2. The summed E-state index contributed by atoms with van der Waals surface area (Å²) >= 11 is 2.72. The van der Waals surface area contributed by atoms with Gasteiger partial charge in [-0.2, -0.15) is 0 Å². The summed E-state index contributed by atoms with van der Waals surface area (Å²) in [6.45, 7) is 0.979. The van der Waals surface area contributed by atoms with Gasteiger partial charge in [0.2, 0.25) is 11.0 Å². The Labute approximate surface area is 188 Å². The lowest BCUT2D eigenvalue weighted by Crippen LogP contribution is -2.27. The molecule has 3 aromatic rings. The van der Waals surface area contributed by atoms with E-state index in [2.05, 4.69) is 15.5 Å². The standard InChI is InChI=1S/C21H23FN4O3S2/c1-26(12-15-6-9-17(28-2)18(10-15)29-3)19(27)13-30-21-25-24-20(31-21)23-11-14-4-7-16(22)8-5-14/h4-10H,11-13H2,1-3H3,(H,23,24). The van der Waals surface area contributed by atoms with Crippen molar-refractivity contribution in [3.8, 4) is 11.5 Å². The Bertz CT molecular complexity index is 1010. The molecule has 0 saturated heterocycles. The van der Waals surface area contributed by atoms with Gasteiger partial charge in [-0.15, -0.1) is 10.2 Å². The molecule has 0 spiro atoms. The number of aromatic nitrogens is 2. The quantitative estimate of drug-likeness (QED) is 0.456. The highest BCUT2D eigenvalue weighted by Gasteiger charge is 2.14. The van der Waals surface area contributed by atoms with E-state index in [0.717, 1.165) is 11.1 Å². The topological polar surface area (TPSA) is 76.6 Å². The van der Waals surface area contributed by atoms with E-state index >= 15 is 0 Å². The fourth-order valence-corrected chi connectivity index (χ4v) is 4.38. The molecule has 0 radical (unpaired) electrons. The smallest absolute Gasteiger partial charge is 0.233 e. The Balaban J connectivity index is 1.47. The van der Waals surface area contributed by atoms with Crippen molar-refractivity contribution in [2.45, 2.75) is 17.4 Å². The van der Waals surface area contributed by atoms with E-state index in [0.29, 0.717) is 34.1 Å². The Kier molecular flexibility index (Phi) is 8.07. The van der Waals surface area contributed by atoms with E-state index in [1.807, 2.05) is 18.2 Å². The molecule has 0 atom stereocenters. The number of methoxy groups -OCH3 is 2. The van der Waals surface area contributed by atoms with Crippen LogP contribution >= 0.6 is 23.1 Å². The van der Waals surface area contributed by atoms with Crippen LogP contribution < -0.4 is 14.8 Å². The van der Waals surface area contributed by atoms with E-state index in [1.54, 1.807) is 38.3 Å². The van der Waals surface area contributed by atoms with Crippen LogP contribution in [0, 0.1) is 5.82 Å². The molecule has 2 aromatic carbocycles. The van der Waals surface area contributed by atoms with Crippen molar-refractivity contribution in [2.75, 3.05) is 32.3 Å². The van der Waals surface area contributed by atoms with Crippen LogP contribution in [-0.4, -0.2) is 48.0 Å². The number of carbonyl (C=O) groups excluding carboxylic acids is 1. The van der Waals surface area contributed by atoms with Crippen molar-refractivity contribution in [1.29, 1.82) is 0 Å². The molecule has 0 bridgehead atoms. The number of ether oxygens (including phenoxy) is 2. The summed E-state index contributed by atoms with van der Waals surface area (Å²) in [5, 5.41) is 12.0. The van der Waals surface area contributed by atoms with E-state index in [1.165, 1.54) is 35.2 Å². The molecule has 0 unspecified atom stereocenters. The van der Waals surface area contributed by atoms with Crippen LogP contribution in [0.25, 0.3) is 0 Å². The number of halogens is 1. The van der Waals surface area contributed by atoms with Gasteiger partial charge in [-0.3, -0.25) is 4.79 Å². The number of carbonyl (C=O) groups is 1. The molecule has 0 aliphatic rings. The van der Waals surface area contributed by atoms with Gasteiger partial charge in [0.15, 0.2) is 15.8 Å². The first-order valence-corrected chi connectivity index (χ1v) is 11.2. The lowest BCUT2D eigenvalue weighted by atomic mass is 10.2. The third-order valence-electron chi connectivity index (χ3n) is 4.38. The molecule has 3 rings (SSSR count). The lowest BCUT2D eigenvalue weighted by molar-refractivity contribution is -0.127. The summed E-state index contributed by atoms with van der Waals surface area (Å²) in [7, 11) is 4.93. The van der Waals surface area contributed by atoms with Gasteiger partial charge in [0.25, 0.3) is 0 Å². The average molecular weight is 463 g/mol. The van der Waals surface area contributed by atoms with Crippen LogP contribution in [0.15, 0.2) is 46.8 Å². The number of nitrogens with one attached hydrogen (secondary N) is 1. The van der Waals surface area contributed by atoms with Crippen molar-refractivity contribution in [2.24, 2.45) is 0 Å². The molecular formula is C21H23FN4O3S2. The number of hydrogen-bond acceptors (Lipinski definition) is 8. The molecule has 1 amide bonds. The van der Waals surface area contributed by atoms with Crippen LogP contribution in [0.4, 0.5) is 9.52 Å². The van der Waals surface area contributed by atoms with Gasteiger partial charge >= 0.3 is 0 Å². The Morgan fingerprint density at radius 1 is 1.10 bits per heavy atom. The normalized spacial score (nSPS) is 10.6. The van der Waals surface area contributed by atoms with Gasteiger partial charge in [0.1, 0.15) is 5.82 Å². The Hall–Kier alpha value is -2.85. The molecule has 1 N–H and O–H groups in total. The van der Waals surface area contributed by atoms with Crippen molar-refractivity contribution >= 4 is 34.1 Å². The van der Waals surface area contributed by atoms with E-state index in [4.69, 9.17) is 9.47 Å². The zero-order chi connectivity index (χ0) is 22.2. The van der Waals surface area contributed by atoms with Gasteiger partial charge in [0, 0.05) is 20.1 Å².